The molecule has 1 aliphatic rings. The highest BCUT2D eigenvalue weighted by Gasteiger charge is 2.28. The smallest absolute Gasteiger partial charge is 0.124 e. The summed E-state index contributed by atoms with van der Waals surface area (Å²) in [5.74, 6) is 1.51. The Bertz CT molecular complexity index is 386. The fraction of sp³-hybridized carbons (Fsp3) is 0.625. The average molecular weight is 263 g/mol. The molecule has 2 unspecified atom stereocenters. The van der Waals surface area contributed by atoms with Crippen LogP contribution in [0.3, 0.4) is 0 Å². The average Bonchev–Trinajstić information content (AvgIpc) is 2.92. The van der Waals surface area contributed by atoms with Crippen molar-refractivity contribution in [1.29, 1.82) is 0 Å². The van der Waals surface area contributed by atoms with Gasteiger partial charge in [0.2, 0.25) is 0 Å². The van der Waals surface area contributed by atoms with Crippen LogP contribution >= 0.6 is 0 Å². The van der Waals surface area contributed by atoms with Gasteiger partial charge in [0.25, 0.3) is 0 Å². The van der Waals surface area contributed by atoms with E-state index in [9.17, 15) is 0 Å². The third kappa shape index (κ3) is 3.71. The van der Waals surface area contributed by atoms with Crippen molar-refractivity contribution in [2.24, 2.45) is 5.92 Å². The van der Waals surface area contributed by atoms with E-state index in [4.69, 9.17) is 9.47 Å². The highest BCUT2D eigenvalue weighted by molar-refractivity contribution is 5.36. The molecular formula is C16H25NO2. The van der Waals surface area contributed by atoms with Crippen LogP contribution in [0.15, 0.2) is 24.3 Å². The van der Waals surface area contributed by atoms with Crippen LogP contribution in [0.25, 0.3) is 0 Å². The van der Waals surface area contributed by atoms with Crippen molar-refractivity contribution in [3.8, 4) is 5.75 Å². The Kier molecular flexibility index (Phi) is 5.23. The molecule has 1 heterocycles. The minimum atomic E-state index is 0.214. The molecule has 0 amide bonds. The Balaban J connectivity index is 2.16. The van der Waals surface area contributed by atoms with E-state index in [0.29, 0.717) is 5.92 Å². The van der Waals surface area contributed by atoms with E-state index in [1.165, 1.54) is 5.56 Å². The SMILES string of the molecule is CNC(c1ccccc1OCC(C)C)C1CCCO1. The van der Waals surface area contributed by atoms with Gasteiger partial charge in [-0.3, -0.25) is 0 Å². The van der Waals surface area contributed by atoms with Crippen LogP contribution in [-0.4, -0.2) is 26.4 Å². The van der Waals surface area contributed by atoms with Gasteiger partial charge in [0.15, 0.2) is 0 Å². The molecule has 2 rings (SSSR count). The molecule has 1 aromatic carbocycles. The minimum Gasteiger partial charge on any atom is -0.493 e. The summed E-state index contributed by atoms with van der Waals surface area (Å²) in [6.07, 6.45) is 2.52. The Morgan fingerprint density at radius 1 is 1.37 bits per heavy atom. The molecular weight excluding hydrogens is 238 g/mol. The molecule has 1 aromatic rings. The van der Waals surface area contributed by atoms with Gasteiger partial charge in [-0.1, -0.05) is 32.0 Å². The van der Waals surface area contributed by atoms with Gasteiger partial charge in [0.05, 0.1) is 18.8 Å². The van der Waals surface area contributed by atoms with Crippen molar-refractivity contribution in [3.05, 3.63) is 29.8 Å². The van der Waals surface area contributed by atoms with Crippen molar-refractivity contribution in [1.82, 2.24) is 5.32 Å². The van der Waals surface area contributed by atoms with Crippen LogP contribution in [0, 0.1) is 5.92 Å². The highest BCUT2D eigenvalue weighted by atomic mass is 16.5. The summed E-state index contributed by atoms with van der Waals surface area (Å²) in [5.41, 5.74) is 1.21. The second-order valence-corrected chi connectivity index (χ2v) is 5.56. The van der Waals surface area contributed by atoms with Crippen molar-refractivity contribution >= 4 is 0 Å². The second kappa shape index (κ2) is 6.92. The predicted molar refractivity (Wildman–Crippen MR) is 77.5 cm³/mol. The van der Waals surface area contributed by atoms with E-state index in [0.717, 1.165) is 31.8 Å². The van der Waals surface area contributed by atoms with Crippen LogP contribution in [0.1, 0.15) is 38.3 Å². The molecule has 3 heteroatoms. The molecule has 0 aliphatic carbocycles. The lowest BCUT2D eigenvalue weighted by Crippen LogP contribution is -2.29. The van der Waals surface area contributed by atoms with E-state index < -0.39 is 0 Å². The van der Waals surface area contributed by atoms with Crippen LogP contribution in [0.2, 0.25) is 0 Å². The third-order valence-electron chi connectivity index (χ3n) is 3.47. The third-order valence-corrected chi connectivity index (χ3v) is 3.47. The topological polar surface area (TPSA) is 30.5 Å². The number of ether oxygens (including phenoxy) is 2. The van der Waals surface area contributed by atoms with Crippen molar-refractivity contribution in [2.75, 3.05) is 20.3 Å². The van der Waals surface area contributed by atoms with E-state index in [2.05, 4.69) is 37.4 Å². The number of rotatable bonds is 6. The predicted octanol–water partition coefficient (Wildman–Crippen LogP) is 3.16. The summed E-state index contributed by atoms with van der Waals surface area (Å²) in [6, 6.07) is 8.50. The van der Waals surface area contributed by atoms with Gasteiger partial charge < -0.3 is 14.8 Å². The normalized spacial score (nSPS) is 20.7. The summed E-state index contributed by atoms with van der Waals surface area (Å²) in [7, 11) is 1.99. The summed E-state index contributed by atoms with van der Waals surface area (Å²) in [5, 5.41) is 3.38. The van der Waals surface area contributed by atoms with Gasteiger partial charge in [-0.25, -0.2) is 0 Å². The Morgan fingerprint density at radius 3 is 2.79 bits per heavy atom. The zero-order chi connectivity index (χ0) is 13.7. The van der Waals surface area contributed by atoms with Gasteiger partial charge in [-0.2, -0.15) is 0 Å². The molecule has 1 fully saturated rings. The molecule has 19 heavy (non-hydrogen) atoms. The van der Waals surface area contributed by atoms with E-state index >= 15 is 0 Å². The molecule has 0 saturated carbocycles. The molecule has 1 aliphatic heterocycles. The first-order valence-corrected chi connectivity index (χ1v) is 7.23. The zero-order valence-corrected chi connectivity index (χ0v) is 12.2. The molecule has 2 atom stereocenters. The summed E-state index contributed by atoms with van der Waals surface area (Å²) >= 11 is 0. The largest absolute Gasteiger partial charge is 0.493 e. The summed E-state index contributed by atoms with van der Waals surface area (Å²) in [6.45, 7) is 5.95. The lowest BCUT2D eigenvalue weighted by atomic mass is 9.98. The lowest BCUT2D eigenvalue weighted by molar-refractivity contribution is 0.0795. The maximum absolute atomic E-state index is 5.95. The fourth-order valence-electron chi connectivity index (χ4n) is 2.53. The standard InChI is InChI=1S/C16H25NO2/c1-12(2)11-19-14-8-5-4-7-13(14)16(17-3)15-9-6-10-18-15/h4-5,7-8,12,15-17H,6,9-11H2,1-3H3. The number of nitrogens with one attached hydrogen (secondary N) is 1. The first-order valence-electron chi connectivity index (χ1n) is 7.23. The van der Waals surface area contributed by atoms with Crippen molar-refractivity contribution in [2.45, 2.75) is 38.8 Å². The molecule has 0 radical (unpaired) electrons. The van der Waals surface area contributed by atoms with Gasteiger partial charge in [0, 0.05) is 12.2 Å². The molecule has 1 N–H and O–H groups in total. The van der Waals surface area contributed by atoms with Crippen molar-refractivity contribution in [3.63, 3.8) is 0 Å². The molecule has 1 saturated heterocycles. The van der Waals surface area contributed by atoms with Gasteiger partial charge in [0.1, 0.15) is 5.75 Å². The molecule has 3 nitrogen and oxygen atoms in total. The van der Waals surface area contributed by atoms with Gasteiger partial charge in [-0.15, -0.1) is 0 Å². The number of hydrogen-bond acceptors (Lipinski definition) is 3. The highest BCUT2D eigenvalue weighted by Crippen LogP contribution is 2.32. The van der Waals surface area contributed by atoms with E-state index in [1.54, 1.807) is 0 Å². The van der Waals surface area contributed by atoms with Crippen LogP contribution in [-0.2, 0) is 4.74 Å². The molecule has 0 spiro atoms. The van der Waals surface area contributed by atoms with E-state index in [1.807, 2.05) is 13.1 Å². The number of hydrogen-bond donors (Lipinski definition) is 1. The fourth-order valence-corrected chi connectivity index (χ4v) is 2.53. The number of benzene rings is 1. The Labute approximate surface area is 116 Å². The second-order valence-electron chi connectivity index (χ2n) is 5.56. The first-order chi connectivity index (χ1) is 9.22. The monoisotopic (exact) mass is 263 g/mol. The lowest BCUT2D eigenvalue weighted by Gasteiger charge is -2.25. The van der Waals surface area contributed by atoms with Gasteiger partial charge >= 0.3 is 0 Å². The molecule has 106 valence electrons. The molecule has 0 bridgehead atoms. The number of para-hydroxylation sites is 1. The van der Waals surface area contributed by atoms with Gasteiger partial charge in [-0.05, 0) is 31.9 Å². The van der Waals surface area contributed by atoms with Crippen LogP contribution in [0.4, 0.5) is 0 Å². The summed E-state index contributed by atoms with van der Waals surface area (Å²) < 4.78 is 11.8. The molecule has 0 aromatic heterocycles. The van der Waals surface area contributed by atoms with E-state index in [-0.39, 0.29) is 12.1 Å². The van der Waals surface area contributed by atoms with Crippen LogP contribution < -0.4 is 10.1 Å². The Hall–Kier alpha value is -1.06. The first kappa shape index (κ1) is 14.4. The summed E-state index contributed by atoms with van der Waals surface area (Å²) in [4.78, 5) is 0. The van der Waals surface area contributed by atoms with Crippen molar-refractivity contribution < 1.29 is 9.47 Å². The maximum Gasteiger partial charge on any atom is 0.124 e. The maximum atomic E-state index is 5.95. The van der Waals surface area contributed by atoms with Crippen LogP contribution in [0.5, 0.6) is 5.75 Å². The minimum absolute atomic E-state index is 0.214. The quantitative estimate of drug-likeness (QED) is 0.855. The number of likely N-dealkylation sites (N-methyl/N-ethyl adjacent to an activating group) is 1. The Morgan fingerprint density at radius 2 is 2.16 bits per heavy atom. The zero-order valence-electron chi connectivity index (χ0n) is 12.2.